The summed E-state index contributed by atoms with van der Waals surface area (Å²) in [6.07, 6.45) is -1.26. The van der Waals surface area contributed by atoms with Gasteiger partial charge in [0.1, 0.15) is 18.8 Å². The third kappa shape index (κ3) is 3.83. The fourth-order valence-electron chi connectivity index (χ4n) is 3.00. The van der Waals surface area contributed by atoms with Crippen molar-refractivity contribution in [3.05, 3.63) is 44.6 Å². The summed E-state index contributed by atoms with van der Waals surface area (Å²) < 4.78 is 16.1. The molecule has 2 heterocycles. The minimum Gasteiger partial charge on any atom is -0.463 e. The van der Waals surface area contributed by atoms with Gasteiger partial charge in [-0.1, -0.05) is 6.07 Å². The fraction of sp³-hybridized carbons (Fsp3) is 0.412. The van der Waals surface area contributed by atoms with Crippen LogP contribution in [0.3, 0.4) is 0 Å². The first-order valence-corrected chi connectivity index (χ1v) is 8.06. The number of H-pyrrole nitrogens is 2. The number of rotatable bonds is 4. The van der Waals surface area contributed by atoms with Crippen LogP contribution in [0.2, 0.25) is 0 Å². The van der Waals surface area contributed by atoms with Gasteiger partial charge in [-0.25, -0.2) is 4.79 Å². The molecule has 0 saturated carbocycles. The molecule has 2 N–H and O–H groups in total. The van der Waals surface area contributed by atoms with Crippen molar-refractivity contribution in [3.63, 3.8) is 0 Å². The molecule has 1 aliphatic heterocycles. The van der Waals surface area contributed by atoms with E-state index in [1.807, 2.05) is 0 Å². The molecule has 9 heteroatoms. The Morgan fingerprint density at radius 1 is 1.19 bits per heavy atom. The topological polar surface area (TPSA) is 128 Å². The Morgan fingerprint density at radius 2 is 1.96 bits per heavy atom. The van der Waals surface area contributed by atoms with Crippen LogP contribution in [0, 0.1) is 0 Å². The lowest BCUT2D eigenvalue weighted by Crippen LogP contribution is -2.31. The van der Waals surface area contributed by atoms with Crippen LogP contribution >= 0.6 is 0 Å². The van der Waals surface area contributed by atoms with E-state index in [4.69, 9.17) is 14.2 Å². The molecule has 0 amide bonds. The maximum Gasteiger partial charge on any atom is 0.326 e. The quantitative estimate of drug-likeness (QED) is 0.760. The summed E-state index contributed by atoms with van der Waals surface area (Å²) >= 11 is 0. The van der Waals surface area contributed by atoms with Crippen molar-refractivity contribution in [1.29, 1.82) is 0 Å². The van der Waals surface area contributed by atoms with Gasteiger partial charge in [-0.3, -0.25) is 19.4 Å². The first-order valence-electron chi connectivity index (χ1n) is 8.06. The van der Waals surface area contributed by atoms with Crippen molar-refractivity contribution in [2.24, 2.45) is 0 Å². The second kappa shape index (κ2) is 7.12. The molecule has 1 aliphatic rings. The first kappa shape index (κ1) is 17.9. The van der Waals surface area contributed by atoms with Gasteiger partial charge in [0.05, 0.1) is 17.0 Å². The normalized spacial score (nSPS) is 22.3. The number of ether oxygens (including phenoxy) is 3. The van der Waals surface area contributed by atoms with Crippen molar-refractivity contribution in [1.82, 2.24) is 9.97 Å². The van der Waals surface area contributed by atoms with Crippen LogP contribution in [-0.2, 0) is 23.8 Å². The molecule has 0 aliphatic carbocycles. The summed E-state index contributed by atoms with van der Waals surface area (Å²) in [6.45, 7) is 2.54. The number of carbonyl (C=O) groups excluding carboxylic acids is 2. The summed E-state index contributed by atoms with van der Waals surface area (Å²) in [5, 5.41) is 0.318. The van der Waals surface area contributed by atoms with E-state index in [0.717, 1.165) is 0 Å². The highest BCUT2D eigenvalue weighted by atomic mass is 16.6. The highest BCUT2D eigenvalue weighted by molar-refractivity contribution is 5.78. The zero-order chi connectivity index (χ0) is 18.8. The molecule has 0 radical (unpaired) electrons. The van der Waals surface area contributed by atoms with Crippen molar-refractivity contribution in [2.45, 2.75) is 38.6 Å². The Bertz CT molecular complexity index is 961. The minimum absolute atomic E-state index is 0.0364. The summed E-state index contributed by atoms with van der Waals surface area (Å²) in [4.78, 5) is 50.4. The van der Waals surface area contributed by atoms with Crippen molar-refractivity contribution in [2.75, 3.05) is 6.61 Å². The molecule has 0 spiro atoms. The Morgan fingerprint density at radius 3 is 2.65 bits per heavy atom. The number of aromatic nitrogens is 2. The standard InChI is InChI=1S/C17H18N2O7/c1-8(20)24-7-15-14(25-9(2)21)6-13(26-15)10-3-4-12-11(5-10)16(22)19-17(23)18-12/h3-5,13-15H,6-7H2,1-2H3,(H2,18,19,22,23)/t13-,14+,15-/m1/s1. The predicted octanol–water partition coefficient (Wildman–Crippen LogP) is 0.541. The Kier molecular flexibility index (Phi) is 4.90. The van der Waals surface area contributed by atoms with Crippen molar-refractivity contribution >= 4 is 22.8 Å². The van der Waals surface area contributed by atoms with Gasteiger partial charge in [-0.2, -0.15) is 0 Å². The summed E-state index contributed by atoms with van der Waals surface area (Å²) in [7, 11) is 0. The first-order chi connectivity index (χ1) is 12.3. The van der Waals surface area contributed by atoms with E-state index in [9.17, 15) is 19.2 Å². The molecule has 1 aromatic carbocycles. The molecule has 9 nitrogen and oxygen atoms in total. The fourth-order valence-corrected chi connectivity index (χ4v) is 3.00. The number of hydrogen-bond acceptors (Lipinski definition) is 7. The summed E-state index contributed by atoms with van der Waals surface area (Å²) in [5.41, 5.74) is 0.0198. The van der Waals surface area contributed by atoms with Crippen molar-refractivity contribution in [3.8, 4) is 0 Å². The SMILES string of the molecule is CC(=O)OC[C@H]1O[C@@H](c2ccc3[nH]c(=O)[nH]c(=O)c3c2)C[C@@H]1OC(C)=O. The summed E-state index contributed by atoms with van der Waals surface area (Å²) in [5.74, 6) is -0.917. The molecule has 0 unspecified atom stereocenters. The predicted molar refractivity (Wildman–Crippen MR) is 89.6 cm³/mol. The van der Waals surface area contributed by atoms with Crippen LogP contribution in [0.25, 0.3) is 10.9 Å². The number of hydrogen-bond donors (Lipinski definition) is 2. The van der Waals surface area contributed by atoms with Gasteiger partial charge in [0, 0.05) is 20.3 Å². The van der Waals surface area contributed by atoms with Crippen LogP contribution < -0.4 is 11.2 Å². The number of nitrogens with one attached hydrogen (secondary N) is 2. The molecule has 2 aromatic rings. The van der Waals surface area contributed by atoms with E-state index >= 15 is 0 Å². The van der Waals surface area contributed by atoms with Crippen molar-refractivity contribution < 1.29 is 23.8 Å². The minimum atomic E-state index is -0.600. The Hall–Kier alpha value is -2.94. The average Bonchev–Trinajstić information content (AvgIpc) is 2.94. The maximum absolute atomic E-state index is 12.0. The lowest BCUT2D eigenvalue weighted by molar-refractivity contribution is -0.154. The molecule has 0 bridgehead atoms. The Labute approximate surface area is 147 Å². The molecule has 1 fully saturated rings. The number of fused-ring (bicyclic) bond motifs is 1. The van der Waals surface area contributed by atoms with E-state index in [1.165, 1.54) is 13.8 Å². The molecule has 3 atom stereocenters. The zero-order valence-corrected chi connectivity index (χ0v) is 14.2. The van der Waals surface area contributed by atoms with Crippen LogP contribution in [0.5, 0.6) is 0 Å². The Balaban J connectivity index is 1.87. The van der Waals surface area contributed by atoms with E-state index in [2.05, 4.69) is 9.97 Å². The highest BCUT2D eigenvalue weighted by Crippen LogP contribution is 2.35. The van der Waals surface area contributed by atoms with E-state index in [0.29, 0.717) is 22.9 Å². The molecule has 26 heavy (non-hydrogen) atoms. The van der Waals surface area contributed by atoms with Crippen LogP contribution in [0.4, 0.5) is 0 Å². The molecule has 1 aromatic heterocycles. The number of esters is 2. The average molecular weight is 362 g/mol. The number of carbonyl (C=O) groups is 2. The summed E-state index contributed by atoms with van der Waals surface area (Å²) in [6, 6.07) is 4.96. The maximum atomic E-state index is 12.0. The van der Waals surface area contributed by atoms with Gasteiger partial charge in [0.2, 0.25) is 0 Å². The lowest BCUT2D eigenvalue weighted by atomic mass is 10.0. The second-order valence-electron chi connectivity index (χ2n) is 6.06. The van der Waals surface area contributed by atoms with Crippen LogP contribution in [0.1, 0.15) is 31.9 Å². The zero-order valence-electron chi connectivity index (χ0n) is 14.2. The van der Waals surface area contributed by atoms with Gasteiger partial charge >= 0.3 is 17.6 Å². The van der Waals surface area contributed by atoms with Gasteiger partial charge in [0.15, 0.2) is 0 Å². The van der Waals surface area contributed by atoms with E-state index < -0.39 is 41.5 Å². The van der Waals surface area contributed by atoms with Gasteiger partial charge in [0.25, 0.3) is 5.56 Å². The lowest BCUT2D eigenvalue weighted by Gasteiger charge is -2.17. The molecule has 1 saturated heterocycles. The van der Waals surface area contributed by atoms with Gasteiger partial charge in [-0.15, -0.1) is 0 Å². The van der Waals surface area contributed by atoms with E-state index in [-0.39, 0.29) is 6.61 Å². The largest absolute Gasteiger partial charge is 0.463 e. The number of benzene rings is 1. The molecular weight excluding hydrogens is 344 g/mol. The third-order valence-electron chi connectivity index (χ3n) is 4.10. The third-order valence-corrected chi connectivity index (χ3v) is 4.10. The van der Waals surface area contributed by atoms with E-state index in [1.54, 1.807) is 18.2 Å². The molecule has 138 valence electrons. The van der Waals surface area contributed by atoms with Gasteiger partial charge in [-0.05, 0) is 17.7 Å². The second-order valence-corrected chi connectivity index (χ2v) is 6.06. The smallest absolute Gasteiger partial charge is 0.326 e. The monoisotopic (exact) mass is 362 g/mol. The number of aromatic amines is 2. The highest BCUT2D eigenvalue weighted by Gasteiger charge is 2.39. The molecule has 3 rings (SSSR count). The molecular formula is C17H18N2O7. The van der Waals surface area contributed by atoms with Crippen LogP contribution in [-0.4, -0.2) is 40.7 Å². The van der Waals surface area contributed by atoms with Crippen LogP contribution in [0.15, 0.2) is 27.8 Å². The van der Waals surface area contributed by atoms with Gasteiger partial charge < -0.3 is 19.2 Å².